The van der Waals surface area contributed by atoms with Crippen LogP contribution < -0.4 is 19.5 Å². The summed E-state index contributed by atoms with van der Waals surface area (Å²) in [4.78, 5) is 29.6. The number of rotatable bonds is 9. The van der Waals surface area contributed by atoms with Crippen molar-refractivity contribution in [3.63, 3.8) is 0 Å². The highest BCUT2D eigenvalue weighted by molar-refractivity contribution is 5.89. The molecular formula is C28H33N3O6. The summed E-state index contributed by atoms with van der Waals surface area (Å²) in [5.74, 6) is 1.81. The predicted octanol–water partition coefficient (Wildman–Crippen LogP) is 3.10. The lowest BCUT2D eigenvalue weighted by Gasteiger charge is -2.35. The highest BCUT2D eigenvalue weighted by Crippen LogP contribution is 2.24. The fourth-order valence-electron chi connectivity index (χ4n) is 4.46. The summed E-state index contributed by atoms with van der Waals surface area (Å²) in [7, 11) is 3.19. The van der Waals surface area contributed by atoms with Crippen LogP contribution >= 0.6 is 0 Å². The Kier molecular flexibility index (Phi) is 8.68. The Morgan fingerprint density at radius 2 is 1.65 bits per heavy atom. The van der Waals surface area contributed by atoms with Crippen molar-refractivity contribution in [2.75, 3.05) is 27.4 Å². The van der Waals surface area contributed by atoms with Gasteiger partial charge in [-0.05, 0) is 60.9 Å². The van der Waals surface area contributed by atoms with Crippen LogP contribution in [0.4, 0.5) is 4.79 Å². The maximum Gasteiger partial charge on any atom is 0.318 e. The highest BCUT2D eigenvalue weighted by Gasteiger charge is 2.39. The molecule has 3 atom stereocenters. The summed E-state index contributed by atoms with van der Waals surface area (Å²) >= 11 is 0. The zero-order chi connectivity index (χ0) is 26.2. The normalized spacial score (nSPS) is 19.4. The van der Waals surface area contributed by atoms with E-state index >= 15 is 0 Å². The number of hydrogen-bond acceptors (Lipinski definition) is 6. The second kappa shape index (κ2) is 12.3. The lowest BCUT2D eigenvalue weighted by atomic mass is 10.0. The predicted molar refractivity (Wildman–Crippen MR) is 138 cm³/mol. The number of methoxy groups -OCH3 is 2. The Bertz CT molecular complexity index is 1120. The quantitative estimate of drug-likeness (QED) is 0.541. The van der Waals surface area contributed by atoms with Gasteiger partial charge in [-0.25, -0.2) is 4.79 Å². The van der Waals surface area contributed by atoms with E-state index in [2.05, 4.69) is 5.32 Å². The summed E-state index contributed by atoms with van der Waals surface area (Å²) in [6, 6.07) is 13.0. The zero-order valence-electron chi connectivity index (χ0n) is 21.1. The Labute approximate surface area is 216 Å². The van der Waals surface area contributed by atoms with Crippen LogP contribution in [0, 0.1) is 0 Å². The van der Waals surface area contributed by atoms with Crippen molar-refractivity contribution < 1.29 is 28.9 Å². The topological polar surface area (TPSA) is 101 Å². The van der Waals surface area contributed by atoms with Crippen LogP contribution in [-0.2, 0) is 11.3 Å². The largest absolute Gasteiger partial charge is 0.497 e. The van der Waals surface area contributed by atoms with Crippen LogP contribution in [0.1, 0.15) is 18.4 Å². The average Bonchev–Trinajstić information content (AvgIpc) is 3.45. The van der Waals surface area contributed by atoms with Gasteiger partial charge in [-0.2, -0.15) is 0 Å². The van der Waals surface area contributed by atoms with Crippen molar-refractivity contribution in [3.8, 4) is 17.2 Å². The van der Waals surface area contributed by atoms with E-state index < -0.39 is 18.2 Å². The molecule has 37 heavy (non-hydrogen) atoms. The Balaban J connectivity index is 1.35. The van der Waals surface area contributed by atoms with Crippen molar-refractivity contribution >= 4 is 11.9 Å². The number of benzene rings is 2. The Morgan fingerprint density at radius 1 is 1.00 bits per heavy atom. The number of nitrogens with zero attached hydrogens (tertiary/aromatic N) is 2. The van der Waals surface area contributed by atoms with Gasteiger partial charge in [0, 0.05) is 19.3 Å². The van der Waals surface area contributed by atoms with Gasteiger partial charge in [0.2, 0.25) is 5.91 Å². The number of carbonyl (C=O) groups is 2. The number of likely N-dealkylation sites (tertiary alicyclic amines) is 1. The maximum absolute atomic E-state index is 13.6. The third kappa shape index (κ3) is 6.42. The number of aliphatic hydroxyl groups excluding tert-OH is 1. The molecule has 2 aromatic carbocycles. The summed E-state index contributed by atoms with van der Waals surface area (Å²) in [6.45, 7) is 0.832. The summed E-state index contributed by atoms with van der Waals surface area (Å²) in [5.41, 5.74) is 0.931. The number of hydrogen-bond donors (Lipinski definition) is 2. The number of ether oxygens (including phenoxy) is 3. The molecule has 2 aromatic rings. The second-order valence-electron chi connectivity index (χ2n) is 8.87. The molecule has 0 bridgehead atoms. The van der Waals surface area contributed by atoms with Gasteiger partial charge in [0.1, 0.15) is 36.0 Å². The summed E-state index contributed by atoms with van der Waals surface area (Å²) < 4.78 is 16.1. The van der Waals surface area contributed by atoms with Crippen molar-refractivity contribution in [1.82, 2.24) is 15.1 Å². The van der Waals surface area contributed by atoms with Crippen LogP contribution in [0.15, 0.2) is 73.0 Å². The first kappa shape index (κ1) is 26.1. The average molecular weight is 508 g/mol. The van der Waals surface area contributed by atoms with Gasteiger partial charge in [-0.3, -0.25) is 4.79 Å². The first-order valence-electron chi connectivity index (χ1n) is 12.3. The first-order valence-corrected chi connectivity index (χ1v) is 12.3. The molecule has 0 saturated carbocycles. The van der Waals surface area contributed by atoms with E-state index in [1.165, 1.54) is 4.90 Å². The molecule has 2 aliphatic heterocycles. The van der Waals surface area contributed by atoms with Crippen LogP contribution in [0.25, 0.3) is 0 Å². The van der Waals surface area contributed by atoms with Crippen LogP contribution in [0.3, 0.4) is 0 Å². The highest BCUT2D eigenvalue weighted by atomic mass is 16.5. The fraction of sp³-hybridized carbons (Fsp3) is 0.357. The number of carbonyl (C=O) groups excluding carboxylic acids is 2. The molecule has 9 nitrogen and oxygen atoms in total. The van der Waals surface area contributed by atoms with E-state index in [4.69, 9.17) is 14.2 Å². The van der Waals surface area contributed by atoms with Crippen LogP contribution in [-0.4, -0.2) is 72.4 Å². The number of nitrogens with one attached hydrogen (secondary N) is 1. The molecule has 0 spiro atoms. The van der Waals surface area contributed by atoms with E-state index in [0.29, 0.717) is 31.0 Å². The molecule has 2 N–H and O–H groups in total. The van der Waals surface area contributed by atoms with Gasteiger partial charge < -0.3 is 34.4 Å². The molecule has 9 heteroatoms. The zero-order valence-corrected chi connectivity index (χ0v) is 21.1. The smallest absolute Gasteiger partial charge is 0.318 e. The van der Waals surface area contributed by atoms with Gasteiger partial charge in [-0.1, -0.05) is 24.3 Å². The molecule has 0 radical (unpaired) electrons. The molecule has 4 rings (SSSR count). The van der Waals surface area contributed by atoms with E-state index in [9.17, 15) is 14.7 Å². The van der Waals surface area contributed by atoms with Gasteiger partial charge in [0.15, 0.2) is 0 Å². The SMILES string of the molecule is COc1ccc(CNC(=O)N2CCC[C@H]2C(=O)N2C=CC=C[C@H]2C(O)COc2ccc(OC)cc2)cc1. The lowest BCUT2D eigenvalue weighted by molar-refractivity contribution is -0.135. The molecule has 1 saturated heterocycles. The van der Waals surface area contributed by atoms with E-state index in [1.54, 1.807) is 67.8 Å². The lowest BCUT2D eigenvalue weighted by Crippen LogP contribution is -2.54. The molecule has 0 aliphatic carbocycles. The number of aliphatic hydroxyl groups is 1. The molecule has 196 valence electrons. The minimum atomic E-state index is -0.967. The van der Waals surface area contributed by atoms with Crippen LogP contribution in [0.5, 0.6) is 17.2 Å². The van der Waals surface area contributed by atoms with Gasteiger partial charge in [-0.15, -0.1) is 0 Å². The van der Waals surface area contributed by atoms with Gasteiger partial charge >= 0.3 is 6.03 Å². The molecule has 2 aliphatic rings. The molecule has 3 amide bonds. The van der Waals surface area contributed by atoms with E-state index in [-0.39, 0.29) is 18.5 Å². The Hall–Kier alpha value is -3.98. The molecule has 1 unspecified atom stereocenters. The molecule has 2 heterocycles. The summed E-state index contributed by atoms with van der Waals surface area (Å²) in [5, 5.41) is 13.8. The van der Waals surface area contributed by atoms with Gasteiger partial charge in [0.05, 0.1) is 20.3 Å². The van der Waals surface area contributed by atoms with Crippen molar-refractivity contribution in [2.24, 2.45) is 0 Å². The maximum atomic E-state index is 13.6. The van der Waals surface area contributed by atoms with Crippen LogP contribution in [0.2, 0.25) is 0 Å². The number of allylic oxidation sites excluding steroid dienone is 2. The first-order chi connectivity index (χ1) is 18.0. The second-order valence-corrected chi connectivity index (χ2v) is 8.87. The number of urea groups is 1. The monoisotopic (exact) mass is 507 g/mol. The van der Waals surface area contributed by atoms with E-state index in [1.807, 2.05) is 24.3 Å². The third-order valence-electron chi connectivity index (χ3n) is 6.52. The third-order valence-corrected chi connectivity index (χ3v) is 6.52. The van der Waals surface area contributed by atoms with E-state index in [0.717, 1.165) is 17.7 Å². The van der Waals surface area contributed by atoms with Gasteiger partial charge in [0.25, 0.3) is 0 Å². The molecule has 1 fully saturated rings. The van der Waals surface area contributed by atoms with Crippen molar-refractivity contribution in [3.05, 3.63) is 78.5 Å². The molecule has 0 aromatic heterocycles. The standard InChI is InChI=1S/C28H33N3O6/c1-35-21-10-8-20(9-11-21)18-29-28(34)31-17-5-7-25(31)27(33)30-16-4-3-6-24(30)26(32)19-37-23-14-12-22(36-2)13-15-23/h3-4,6,8-16,24-26,32H,5,7,17-19H2,1-2H3,(H,29,34)/t24-,25-,26?/m0/s1. The van der Waals surface area contributed by atoms with Crippen molar-refractivity contribution in [1.29, 1.82) is 0 Å². The Morgan fingerprint density at radius 3 is 2.32 bits per heavy atom. The minimum absolute atomic E-state index is 0.00428. The van der Waals surface area contributed by atoms with Crippen molar-refractivity contribution in [2.45, 2.75) is 37.6 Å². The molecular weight excluding hydrogens is 474 g/mol. The minimum Gasteiger partial charge on any atom is -0.497 e. The summed E-state index contributed by atoms with van der Waals surface area (Å²) in [6.07, 6.45) is 7.28. The fourth-order valence-corrected chi connectivity index (χ4v) is 4.46. The number of amides is 3.